The molecule has 3 rings (SSSR count). The van der Waals surface area contributed by atoms with Gasteiger partial charge in [-0.05, 0) is 44.2 Å². The molecule has 2 N–H and O–H groups in total. The molecule has 0 spiro atoms. The molecular weight excluding hydrogens is 360 g/mol. The zero-order chi connectivity index (χ0) is 19.4. The summed E-state index contributed by atoms with van der Waals surface area (Å²) in [6, 6.07) is 8.84. The van der Waals surface area contributed by atoms with E-state index >= 15 is 0 Å². The average Bonchev–Trinajstić information content (AvgIpc) is 2.96. The fourth-order valence-corrected chi connectivity index (χ4v) is 5.82. The summed E-state index contributed by atoms with van der Waals surface area (Å²) in [5.74, 6) is 2.05. The normalized spacial score (nSPS) is 24.7. The van der Waals surface area contributed by atoms with Gasteiger partial charge in [0.05, 0.1) is 11.5 Å². The van der Waals surface area contributed by atoms with Crippen LogP contribution in [0, 0.1) is 11.8 Å². The third-order valence-corrected chi connectivity index (χ3v) is 7.10. The Kier molecular flexibility index (Phi) is 6.29. The quantitative estimate of drug-likeness (QED) is 0.589. The molecule has 1 aromatic rings. The number of hydrogen-bond acceptors (Lipinski definition) is 4. The molecule has 1 aromatic carbocycles. The molecule has 1 fully saturated rings. The van der Waals surface area contributed by atoms with Gasteiger partial charge in [-0.25, -0.2) is 8.42 Å². The van der Waals surface area contributed by atoms with Crippen LogP contribution in [0.4, 0.5) is 5.69 Å². The third kappa shape index (κ3) is 5.61. The Labute approximate surface area is 163 Å². The van der Waals surface area contributed by atoms with E-state index in [-0.39, 0.29) is 12.0 Å². The molecule has 0 aromatic heterocycles. The van der Waals surface area contributed by atoms with Crippen molar-refractivity contribution in [3.63, 3.8) is 0 Å². The average molecular weight is 393 g/mol. The number of para-hydroxylation sites is 1. The van der Waals surface area contributed by atoms with Crippen LogP contribution in [0.25, 0.3) is 0 Å². The zero-order valence-electron chi connectivity index (χ0n) is 16.6. The van der Waals surface area contributed by atoms with Gasteiger partial charge in [0.15, 0.2) is 15.8 Å². The number of aliphatic imine (C=N–C) groups is 1. The summed E-state index contributed by atoms with van der Waals surface area (Å²) in [5, 5.41) is 6.73. The minimum absolute atomic E-state index is 0.182. The van der Waals surface area contributed by atoms with Gasteiger partial charge in [0.1, 0.15) is 0 Å². The van der Waals surface area contributed by atoms with E-state index in [2.05, 4.69) is 60.7 Å². The highest BCUT2D eigenvalue weighted by molar-refractivity contribution is 7.91. The second kappa shape index (κ2) is 8.50. The van der Waals surface area contributed by atoms with Crippen LogP contribution in [0.2, 0.25) is 0 Å². The lowest BCUT2D eigenvalue weighted by molar-refractivity contribution is 0.510. The summed E-state index contributed by atoms with van der Waals surface area (Å²) in [6.07, 6.45) is 1.79. The third-order valence-electron chi connectivity index (χ3n) is 5.26. The van der Waals surface area contributed by atoms with Crippen molar-refractivity contribution in [1.29, 1.82) is 0 Å². The first-order valence-electron chi connectivity index (χ1n) is 9.86. The molecule has 27 heavy (non-hydrogen) atoms. The second-order valence-corrected chi connectivity index (χ2v) is 10.4. The first-order chi connectivity index (χ1) is 12.8. The molecule has 2 atom stereocenters. The summed E-state index contributed by atoms with van der Waals surface area (Å²) in [5.41, 5.74) is 2.70. The molecule has 0 saturated carbocycles. The van der Waals surface area contributed by atoms with Gasteiger partial charge >= 0.3 is 0 Å². The number of nitrogens with zero attached hydrogens (tertiary/aromatic N) is 2. The van der Waals surface area contributed by atoms with Crippen LogP contribution >= 0.6 is 0 Å². The van der Waals surface area contributed by atoms with Gasteiger partial charge in [0, 0.05) is 44.3 Å². The predicted molar refractivity (Wildman–Crippen MR) is 112 cm³/mol. The maximum atomic E-state index is 11.6. The monoisotopic (exact) mass is 392 g/mol. The molecule has 1 saturated heterocycles. The summed E-state index contributed by atoms with van der Waals surface area (Å²) in [4.78, 5) is 7.12. The standard InChI is InChI=1S/C20H32N4O2S/c1-15(2)23-20(21-11-16-8-9-27(25,26)14-16)22-12-17-10-18-6-4-5-7-19(18)24(3)13-17/h4-7,15-17H,8-14H2,1-3H3,(H2,21,22,23). The van der Waals surface area contributed by atoms with Crippen LogP contribution in [0.15, 0.2) is 29.3 Å². The van der Waals surface area contributed by atoms with Crippen molar-refractivity contribution >= 4 is 21.5 Å². The van der Waals surface area contributed by atoms with Crippen LogP contribution in [-0.4, -0.2) is 58.6 Å². The van der Waals surface area contributed by atoms with Crippen LogP contribution in [0.5, 0.6) is 0 Å². The van der Waals surface area contributed by atoms with E-state index in [0.29, 0.717) is 24.0 Å². The van der Waals surface area contributed by atoms with E-state index in [0.717, 1.165) is 31.9 Å². The van der Waals surface area contributed by atoms with Gasteiger partial charge in [0.25, 0.3) is 0 Å². The van der Waals surface area contributed by atoms with Crippen molar-refractivity contribution in [2.24, 2.45) is 16.8 Å². The van der Waals surface area contributed by atoms with Crippen molar-refractivity contribution in [3.8, 4) is 0 Å². The lowest BCUT2D eigenvalue weighted by atomic mass is 9.93. The van der Waals surface area contributed by atoms with Crippen LogP contribution in [-0.2, 0) is 16.3 Å². The van der Waals surface area contributed by atoms with E-state index in [1.807, 2.05) is 0 Å². The first kappa shape index (κ1) is 20.0. The van der Waals surface area contributed by atoms with Gasteiger partial charge in [-0.2, -0.15) is 0 Å². The smallest absolute Gasteiger partial charge is 0.191 e. The molecule has 2 heterocycles. The highest BCUT2D eigenvalue weighted by Gasteiger charge is 2.28. The Morgan fingerprint density at radius 1 is 1.30 bits per heavy atom. The maximum Gasteiger partial charge on any atom is 0.191 e. The Balaban J connectivity index is 1.59. The number of nitrogens with one attached hydrogen (secondary N) is 2. The Morgan fingerprint density at radius 2 is 2.07 bits per heavy atom. The maximum absolute atomic E-state index is 11.6. The number of hydrogen-bond donors (Lipinski definition) is 2. The number of anilines is 1. The predicted octanol–water partition coefficient (Wildman–Crippen LogP) is 1.67. The van der Waals surface area contributed by atoms with Gasteiger partial charge in [-0.1, -0.05) is 18.2 Å². The van der Waals surface area contributed by atoms with E-state index in [1.165, 1.54) is 11.3 Å². The van der Waals surface area contributed by atoms with Crippen LogP contribution in [0.1, 0.15) is 25.8 Å². The molecule has 7 heteroatoms. The summed E-state index contributed by atoms with van der Waals surface area (Å²) in [6.45, 7) is 6.58. The molecule has 2 unspecified atom stereocenters. The largest absolute Gasteiger partial charge is 0.374 e. The SMILES string of the molecule is CC(C)NC(=NCC1Cc2ccccc2N(C)C1)NCC1CCS(=O)(=O)C1. The highest BCUT2D eigenvalue weighted by Crippen LogP contribution is 2.28. The number of guanidine groups is 1. The lowest BCUT2D eigenvalue weighted by Crippen LogP contribution is -2.44. The Hall–Kier alpha value is -1.76. The fourth-order valence-electron chi connectivity index (χ4n) is 3.96. The van der Waals surface area contributed by atoms with E-state index in [1.54, 1.807) is 0 Å². The van der Waals surface area contributed by atoms with Crippen molar-refractivity contribution in [3.05, 3.63) is 29.8 Å². The first-order valence-corrected chi connectivity index (χ1v) is 11.7. The number of sulfone groups is 1. The van der Waals surface area contributed by atoms with Crippen LogP contribution in [0.3, 0.4) is 0 Å². The van der Waals surface area contributed by atoms with Crippen molar-refractivity contribution in [1.82, 2.24) is 10.6 Å². The van der Waals surface area contributed by atoms with Crippen molar-refractivity contribution in [2.75, 3.05) is 43.1 Å². The summed E-state index contributed by atoms with van der Waals surface area (Å²) >= 11 is 0. The molecule has 150 valence electrons. The molecule has 6 nitrogen and oxygen atoms in total. The van der Waals surface area contributed by atoms with Crippen molar-refractivity contribution in [2.45, 2.75) is 32.7 Å². The summed E-state index contributed by atoms with van der Waals surface area (Å²) < 4.78 is 23.3. The molecule has 0 amide bonds. The lowest BCUT2D eigenvalue weighted by Gasteiger charge is -2.33. The number of fused-ring (bicyclic) bond motifs is 1. The van der Waals surface area contributed by atoms with Crippen molar-refractivity contribution < 1.29 is 8.42 Å². The van der Waals surface area contributed by atoms with Gasteiger partial charge in [-0.3, -0.25) is 4.99 Å². The van der Waals surface area contributed by atoms with Gasteiger partial charge < -0.3 is 15.5 Å². The van der Waals surface area contributed by atoms with Crippen LogP contribution < -0.4 is 15.5 Å². The molecule has 0 radical (unpaired) electrons. The molecule has 0 bridgehead atoms. The molecule has 2 aliphatic heterocycles. The second-order valence-electron chi connectivity index (χ2n) is 8.22. The molecule has 2 aliphatic rings. The van der Waals surface area contributed by atoms with Gasteiger partial charge in [-0.15, -0.1) is 0 Å². The number of benzene rings is 1. The summed E-state index contributed by atoms with van der Waals surface area (Å²) in [7, 11) is -0.697. The minimum atomic E-state index is -2.84. The van der Waals surface area contributed by atoms with E-state index in [9.17, 15) is 8.42 Å². The van der Waals surface area contributed by atoms with Gasteiger partial charge in [0.2, 0.25) is 0 Å². The topological polar surface area (TPSA) is 73.8 Å². The zero-order valence-corrected chi connectivity index (χ0v) is 17.4. The molecule has 0 aliphatic carbocycles. The molecular formula is C20H32N4O2S. The minimum Gasteiger partial charge on any atom is -0.374 e. The van der Waals surface area contributed by atoms with E-state index < -0.39 is 9.84 Å². The van der Waals surface area contributed by atoms with E-state index in [4.69, 9.17) is 4.99 Å². The number of rotatable bonds is 5. The fraction of sp³-hybridized carbons (Fsp3) is 0.650. The highest BCUT2D eigenvalue weighted by atomic mass is 32.2. The Bertz CT molecular complexity index is 776. The Morgan fingerprint density at radius 3 is 2.78 bits per heavy atom.